The van der Waals surface area contributed by atoms with Crippen molar-refractivity contribution in [1.82, 2.24) is 14.8 Å². The topological polar surface area (TPSA) is 71.7 Å². The monoisotopic (exact) mass is 416 g/mol. The van der Waals surface area contributed by atoms with E-state index < -0.39 is 5.91 Å². The van der Waals surface area contributed by atoms with Gasteiger partial charge in [0.1, 0.15) is 5.75 Å². The summed E-state index contributed by atoms with van der Waals surface area (Å²) in [5.41, 5.74) is 8.23. The van der Waals surface area contributed by atoms with Gasteiger partial charge in [-0.05, 0) is 36.2 Å². The highest BCUT2D eigenvalue weighted by molar-refractivity contribution is 5.92. The molecule has 1 aliphatic heterocycles. The highest BCUT2D eigenvalue weighted by Gasteiger charge is 2.21. The van der Waals surface area contributed by atoms with Crippen molar-refractivity contribution in [1.29, 1.82) is 0 Å². The number of ether oxygens (including phenoxy) is 1. The molecule has 0 radical (unpaired) electrons. The van der Waals surface area contributed by atoms with Crippen LogP contribution >= 0.6 is 0 Å². The number of pyridine rings is 1. The number of primary amides is 1. The molecule has 0 aliphatic carbocycles. The first-order valence-corrected chi connectivity index (χ1v) is 10.6. The lowest BCUT2D eigenvalue weighted by molar-refractivity contribution is 0.0978. The van der Waals surface area contributed by atoms with E-state index in [1.807, 2.05) is 12.1 Å². The second kappa shape index (κ2) is 9.73. The van der Waals surface area contributed by atoms with E-state index >= 15 is 0 Å². The zero-order chi connectivity index (χ0) is 21.6. The van der Waals surface area contributed by atoms with Crippen molar-refractivity contribution in [2.24, 2.45) is 5.73 Å². The predicted molar refractivity (Wildman–Crippen MR) is 121 cm³/mol. The normalized spacial score (nSPS) is 16.0. The molecule has 1 aliphatic rings. The first-order valence-electron chi connectivity index (χ1n) is 10.6. The number of carbonyl (C=O) groups is 1. The van der Waals surface area contributed by atoms with Crippen LogP contribution in [0.25, 0.3) is 0 Å². The quantitative estimate of drug-likeness (QED) is 0.633. The Hall–Kier alpha value is -3.22. The number of aromatic nitrogens is 1. The summed E-state index contributed by atoms with van der Waals surface area (Å²) in [6.45, 7) is 7.49. The van der Waals surface area contributed by atoms with E-state index in [9.17, 15) is 4.79 Å². The number of hydrogen-bond donors (Lipinski definition) is 1. The van der Waals surface area contributed by atoms with Crippen LogP contribution in [0.5, 0.6) is 11.6 Å². The molecule has 0 saturated carbocycles. The predicted octanol–water partition coefficient (Wildman–Crippen LogP) is 3.85. The summed E-state index contributed by atoms with van der Waals surface area (Å²) in [4.78, 5) is 20.3. The maximum absolute atomic E-state index is 11.1. The van der Waals surface area contributed by atoms with E-state index in [0.29, 0.717) is 23.2 Å². The summed E-state index contributed by atoms with van der Waals surface area (Å²) in [5, 5.41) is 0. The van der Waals surface area contributed by atoms with Crippen molar-refractivity contribution in [3.8, 4) is 11.6 Å². The van der Waals surface area contributed by atoms with Gasteiger partial charge in [-0.2, -0.15) is 0 Å². The molecule has 3 aromatic rings. The molecule has 6 nitrogen and oxygen atoms in total. The average Bonchev–Trinajstić information content (AvgIpc) is 2.81. The third-order valence-corrected chi connectivity index (χ3v) is 5.81. The second-order valence-electron chi connectivity index (χ2n) is 7.89. The van der Waals surface area contributed by atoms with Gasteiger partial charge in [0.25, 0.3) is 0 Å². The number of hydrogen-bond acceptors (Lipinski definition) is 5. The van der Waals surface area contributed by atoms with Gasteiger partial charge in [-0.3, -0.25) is 14.6 Å². The molecule has 1 fully saturated rings. The lowest BCUT2D eigenvalue weighted by Gasteiger charge is -2.38. The van der Waals surface area contributed by atoms with Crippen LogP contribution in [0, 0.1) is 0 Å². The number of nitrogens with two attached hydrogens (primary N) is 1. The Morgan fingerprint density at radius 3 is 2.32 bits per heavy atom. The summed E-state index contributed by atoms with van der Waals surface area (Å²) >= 11 is 0. The van der Waals surface area contributed by atoms with Gasteiger partial charge in [0, 0.05) is 51.0 Å². The van der Waals surface area contributed by atoms with Gasteiger partial charge in [0.15, 0.2) is 0 Å². The molecule has 160 valence electrons. The fourth-order valence-electron chi connectivity index (χ4n) is 3.88. The lowest BCUT2D eigenvalue weighted by atomic mass is 10.1. The minimum absolute atomic E-state index is 0.362. The Labute approximate surface area is 183 Å². The number of carbonyl (C=O) groups excluding carboxylic acids is 1. The summed E-state index contributed by atoms with van der Waals surface area (Å²) in [6.07, 6.45) is 1.42. The molecule has 2 N–H and O–H groups in total. The standard InChI is InChI=1S/C25H28N4O2/c1-19(21-5-3-2-4-6-21)29-15-13-28(14-16-29)18-20-7-10-23(11-8-20)31-24-12-9-22(17-27-24)25(26)30/h2-12,17,19H,13-16,18H2,1H3,(H2,26,30). The van der Waals surface area contributed by atoms with E-state index in [1.54, 1.807) is 12.1 Å². The van der Waals surface area contributed by atoms with E-state index in [1.165, 1.54) is 17.3 Å². The third kappa shape index (κ3) is 5.48. The zero-order valence-electron chi connectivity index (χ0n) is 17.8. The minimum Gasteiger partial charge on any atom is -0.439 e. The smallest absolute Gasteiger partial charge is 0.250 e. The maximum atomic E-state index is 11.1. The van der Waals surface area contributed by atoms with E-state index in [0.717, 1.165) is 32.7 Å². The van der Waals surface area contributed by atoms with Crippen LogP contribution in [0.1, 0.15) is 34.5 Å². The summed E-state index contributed by atoms with van der Waals surface area (Å²) in [6, 6.07) is 22.5. The molecule has 31 heavy (non-hydrogen) atoms. The van der Waals surface area contributed by atoms with Crippen molar-refractivity contribution >= 4 is 5.91 Å². The van der Waals surface area contributed by atoms with Crippen LogP contribution in [-0.4, -0.2) is 46.9 Å². The number of rotatable bonds is 7. The Morgan fingerprint density at radius 2 is 1.71 bits per heavy atom. The van der Waals surface area contributed by atoms with Gasteiger partial charge < -0.3 is 10.5 Å². The molecule has 2 heterocycles. The van der Waals surface area contributed by atoms with Crippen LogP contribution in [0.3, 0.4) is 0 Å². The third-order valence-electron chi connectivity index (χ3n) is 5.81. The van der Waals surface area contributed by atoms with E-state index in [4.69, 9.17) is 10.5 Å². The van der Waals surface area contributed by atoms with Crippen LogP contribution in [0.2, 0.25) is 0 Å². The number of amides is 1. The Kier molecular flexibility index (Phi) is 6.60. The van der Waals surface area contributed by atoms with Gasteiger partial charge in [-0.25, -0.2) is 4.98 Å². The Balaban J connectivity index is 1.27. The highest BCUT2D eigenvalue weighted by Crippen LogP contribution is 2.23. The average molecular weight is 417 g/mol. The Bertz CT molecular complexity index is 982. The highest BCUT2D eigenvalue weighted by atomic mass is 16.5. The van der Waals surface area contributed by atoms with E-state index in [-0.39, 0.29) is 0 Å². The Morgan fingerprint density at radius 1 is 1.00 bits per heavy atom. The van der Waals surface area contributed by atoms with Crippen LogP contribution in [0.15, 0.2) is 72.9 Å². The number of piperazine rings is 1. The van der Waals surface area contributed by atoms with Gasteiger partial charge >= 0.3 is 0 Å². The molecule has 1 atom stereocenters. The molecule has 1 amide bonds. The summed E-state index contributed by atoms with van der Waals surface area (Å²) in [5.74, 6) is 0.643. The molecular weight excluding hydrogens is 388 g/mol. The van der Waals surface area contributed by atoms with Crippen molar-refractivity contribution in [2.75, 3.05) is 26.2 Å². The molecule has 1 saturated heterocycles. The zero-order valence-corrected chi connectivity index (χ0v) is 17.8. The molecule has 0 spiro atoms. The number of benzene rings is 2. The van der Waals surface area contributed by atoms with Crippen molar-refractivity contribution in [3.63, 3.8) is 0 Å². The fraction of sp³-hybridized carbons (Fsp3) is 0.280. The van der Waals surface area contributed by atoms with Crippen molar-refractivity contribution in [3.05, 3.63) is 89.6 Å². The lowest BCUT2D eigenvalue weighted by Crippen LogP contribution is -2.46. The number of nitrogens with zero attached hydrogens (tertiary/aromatic N) is 3. The fourth-order valence-corrected chi connectivity index (χ4v) is 3.88. The van der Waals surface area contributed by atoms with Gasteiger partial charge in [-0.1, -0.05) is 42.5 Å². The molecule has 2 aromatic carbocycles. The van der Waals surface area contributed by atoms with Crippen molar-refractivity contribution in [2.45, 2.75) is 19.5 Å². The van der Waals surface area contributed by atoms with Gasteiger partial charge in [-0.15, -0.1) is 0 Å². The first kappa shape index (κ1) is 21.0. The van der Waals surface area contributed by atoms with Crippen LogP contribution < -0.4 is 10.5 Å². The van der Waals surface area contributed by atoms with Crippen LogP contribution in [-0.2, 0) is 6.54 Å². The van der Waals surface area contributed by atoms with Gasteiger partial charge in [0.2, 0.25) is 11.8 Å². The van der Waals surface area contributed by atoms with Gasteiger partial charge in [0.05, 0.1) is 5.56 Å². The molecule has 1 unspecified atom stereocenters. The largest absolute Gasteiger partial charge is 0.439 e. The molecular formula is C25H28N4O2. The minimum atomic E-state index is -0.501. The molecule has 4 rings (SSSR count). The SMILES string of the molecule is CC(c1ccccc1)N1CCN(Cc2ccc(Oc3ccc(C(N)=O)cn3)cc2)CC1. The molecule has 1 aromatic heterocycles. The molecule has 6 heteroatoms. The summed E-state index contributed by atoms with van der Waals surface area (Å²) < 4.78 is 5.76. The maximum Gasteiger partial charge on any atom is 0.250 e. The molecule has 0 bridgehead atoms. The second-order valence-corrected chi connectivity index (χ2v) is 7.89. The van der Waals surface area contributed by atoms with Crippen molar-refractivity contribution < 1.29 is 9.53 Å². The first-order chi connectivity index (χ1) is 15.1. The summed E-state index contributed by atoms with van der Waals surface area (Å²) in [7, 11) is 0. The van der Waals surface area contributed by atoms with Crippen LogP contribution in [0.4, 0.5) is 0 Å². The van der Waals surface area contributed by atoms with E-state index in [2.05, 4.69) is 64.2 Å².